The molecule has 0 spiro atoms. The highest BCUT2D eigenvalue weighted by molar-refractivity contribution is 8.00. The fourth-order valence-corrected chi connectivity index (χ4v) is 4.83. The van der Waals surface area contributed by atoms with Gasteiger partial charge in [-0.1, -0.05) is 54.5 Å². The largest absolute Gasteiger partial charge is 0.119 e. The summed E-state index contributed by atoms with van der Waals surface area (Å²) in [5.41, 5.74) is 4.75. The van der Waals surface area contributed by atoms with Crippen LogP contribution < -0.4 is 0 Å². The van der Waals surface area contributed by atoms with E-state index in [1.165, 1.54) is 16.0 Å². The van der Waals surface area contributed by atoms with Crippen molar-refractivity contribution >= 4 is 11.8 Å². The predicted molar refractivity (Wildman–Crippen MR) is 89.4 cm³/mol. The van der Waals surface area contributed by atoms with Crippen molar-refractivity contribution in [3.63, 3.8) is 0 Å². The Morgan fingerprint density at radius 1 is 1.00 bits per heavy atom. The van der Waals surface area contributed by atoms with Crippen LogP contribution in [-0.4, -0.2) is 4.75 Å². The van der Waals surface area contributed by atoms with Crippen LogP contribution in [0.5, 0.6) is 0 Å². The standard InChI is InChI=1S/C16H24S.C2H6/c1-10-8-9-13-14(11(10)2)15(4,5)12(3)16(6,7)17-13;1-2/h8-9,12H,1-7H3;1-2H3. The van der Waals surface area contributed by atoms with E-state index in [-0.39, 0.29) is 5.41 Å². The third-order valence-corrected chi connectivity index (χ3v) is 6.28. The van der Waals surface area contributed by atoms with Crippen LogP contribution >= 0.6 is 11.8 Å². The van der Waals surface area contributed by atoms with Gasteiger partial charge < -0.3 is 0 Å². The average molecular weight is 279 g/mol. The van der Waals surface area contributed by atoms with E-state index >= 15 is 0 Å². The zero-order chi connectivity index (χ0) is 15.0. The van der Waals surface area contributed by atoms with Crippen LogP contribution in [0.3, 0.4) is 0 Å². The molecule has 0 saturated carbocycles. The highest BCUT2D eigenvalue weighted by atomic mass is 32.2. The van der Waals surface area contributed by atoms with Crippen LogP contribution in [0.1, 0.15) is 65.2 Å². The van der Waals surface area contributed by atoms with Gasteiger partial charge in [-0.15, -0.1) is 11.8 Å². The van der Waals surface area contributed by atoms with Gasteiger partial charge in [0.1, 0.15) is 0 Å². The molecule has 0 amide bonds. The summed E-state index contributed by atoms with van der Waals surface area (Å²) in [6.07, 6.45) is 0. The zero-order valence-corrected chi connectivity index (χ0v) is 15.0. The van der Waals surface area contributed by atoms with Gasteiger partial charge in [-0.2, -0.15) is 0 Å². The van der Waals surface area contributed by atoms with E-state index in [0.717, 1.165) is 0 Å². The van der Waals surface area contributed by atoms with Gasteiger partial charge in [0.2, 0.25) is 0 Å². The first-order chi connectivity index (χ1) is 8.68. The lowest BCUT2D eigenvalue weighted by Crippen LogP contribution is -2.43. The number of benzene rings is 1. The minimum Gasteiger partial charge on any atom is -0.119 e. The molecule has 1 aromatic carbocycles. The van der Waals surface area contributed by atoms with Gasteiger partial charge in [0.25, 0.3) is 0 Å². The van der Waals surface area contributed by atoms with Crippen molar-refractivity contribution < 1.29 is 0 Å². The molecule has 108 valence electrons. The van der Waals surface area contributed by atoms with Crippen LogP contribution in [0.25, 0.3) is 0 Å². The van der Waals surface area contributed by atoms with E-state index < -0.39 is 0 Å². The molecule has 1 heteroatoms. The Hall–Kier alpha value is -0.430. The Morgan fingerprint density at radius 2 is 1.53 bits per heavy atom. The Bertz CT molecular complexity index is 455. The average Bonchev–Trinajstić information content (AvgIpc) is 2.33. The zero-order valence-electron chi connectivity index (χ0n) is 14.1. The Labute approximate surface area is 124 Å². The first-order valence-electron chi connectivity index (χ1n) is 7.47. The Balaban J connectivity index is 0.000000861. The molecule has 1 aliphatic rings. The van der Waals surface area contributed by atoms with E-state index in [2.05, 4.69) is 60.6 Å². The summed E-state index contributed by atoms with van der Waals surface area (Å²) in [7, 11) is 0. The minimum atomic E-state index is 0.264. The highest BCUT2D eigenvalue weighted by Gasteiger charge is 2.45. The second-order valence-corrected chi connectivity index (χ2v) is 8.23. The van der Waals surface area contributed by atoms with Crippen molar-refractivity contribution in [1.29, 1.82) is 0 Å². The molecule has 1 heterocycles. The SMILES string of the molecule is CC.Cc1ccc2c(c1C)C(C)(C)C(C)C(C)(C)S2. The summed E-state index contributed by atoms with van der Waals surface area (Å²) in [5, 5.41) is 0. The fourth-order valence-electron chi connectivity index (χ4n) is 3.13. The summed E-state index contributed by atoms with van der Waals surface area (Å²) in [6, 6.07) is 4.58. The van der Waals surface area contributed by atoms with E-state index in [9.17, 15) is 0 Å². The number of thioether (sulfide) groups is 1. The van der Waals surface area contributed by atoms with Gasteiger partial charge in [0.05, 0.1) is 0 Å². The topological polar surface area (TPSA) is 0 Å². The Morgan fingerprint density at radius 3 is 2.05 bits per heavy atom. The second-order valence-electron chi connectivity index (χ2n) is 6.53. The maximum absolute atomic E-state index is 2.41. The van der Waals surface area contributed by atoms with E-state index in [1.54, 1.807) is 5.56 Å². The van der Waals surface area contributed by atoms with Crippen molar-refractivity contribution in [2.24, 2.45) is 5.92 Å². The van der Waals surface area contributed by atoms with Gasteiger partial charge in [-0.3, -0.25) is 0 Å². The van der Waals surface area contributed by atoms with Gasteiger partial charge in [-0.25, -0.2) is 0 Å². The van der Waals surface area contributed by atoms with Gasteiger partial charge in [-0.05, 0) is 47.9 Å². The van der Waals surface area contributed by atoms with Gasteiger partial charge in [0, 0.05) is 9.64 Å². The molecule has 0 radical (unpaired) electrons. The lowest BCUT2D eigenvalue weighted by atomic mass is 9.67. The maximum Gasteiger partial charge on any atom is 0.0184 e. The molecule has 0 nitrogen and oxygen atoms in total. The molecule has 0 aromatic heterocycles. The highest BCUT2D eigenvalue weighted by Crippen LogP contribution is 2.55. The fraction of sp³-hybridized carbons (Fsp3) is 0.667. The predicted octanol–water partition coefficient (Wildman–Crippen LogP) is 6.13. The van der Waals surface area contributed by atoms with Crippen LogP contribution in [0.2, 0.25) is 0 Å². The lowest BCUT2D eigenvalue weighted by Gasteiger charge is -2.49. The third-order valence-electron chi connectivity index (χ3n) is 4.84. The molecule has 2 rings (SSSR count). The van der Waals surface area contributed by atoms with Gasteiger partial charge >= 0.3 is 0 Å². The molecular weight excluding hydrogens is 248 g/mol. The van der Waals surface area contributed by atoms with Gasteiger partial charge in [0.15, 0.2) is 0 Å². The number of rotatable bonds is 0. The van der Waals surface area contributed by atoms with Crippen molar-refractivity contribution in [3.8, 4) is 0 Å². The lowest BCUT2D eigenvalue weighted by molar-refractivity contribution is 0.275. The molecule has 1 atom stereocenters. The second kappa shape index (κ2) is 5.52. The van der Waals surface area contributed by atoms with Crippen molar-refractivity contribution in [3.05, 3.63) is 28.8 Å². The quantitative estimate of drug-likeness (QED) is 0.550. The molecule has 0 bridgehead atoms. The van der Waals surface area contributed by atoms with Crippen molar-refractivity contribution in [2.45, 2.75) is 77.4 Å². The van der Waals surface area contributed by atoms with Crippen LogP contribution in [0.4, 0.5) is 0 Å². The molecule has 19 heavy (non-hydrogen) atoms. The van der Waals surface area contributed by atoms with Crippen molar-refractivity contribution in [1.82, 2.24) is 0 Å². The molecule has 1 aromatic rings. The first kappa shape index (κ1) is 16.6. The number of aryl methyl sites for hydroxylation is 1. The summed E-state index contributed by atoms with van der Waals surface area (Å²) in [4.78, 5) is 1.49. The monoisotopic (exact) mass is 278 g/mol. The van der Waals surface area contributed by atoms with Crippen LogP contribution in [0, 0.1) is 19.8 Å². The molecule has 0 aliphatic carbocycles. The van der Waals surface area contributed by atoms with E-state index in [4.69, 9.17) is 0 Å². The molecule has 0 N–H and O–H groups in total. The third kappa shape index (κ3) is 2.72. The minimum absolute atomic E-state index is 0.264. The normalized spacial score (nSPS) is 23.1. The number of fused-ring (bicyclic) bond motifs is 1. The summed E-state index contributed by atoms with van der Waals surface area (Å²) in [5.74, 6) is 0.674. The molecular formula is C18H30S. The summed E-state index contributed by atoms with van der Waals surface area (Å²) >= 11 is 2.05. The molecule has 0 saturated heterocycles. The van der Waals surface area contributed by atoms with Crippen LogP contribution in [0.15, 0.2) is 17.0 Å². The smallest absolute Gasteiger partial charge is 0.0184 e. The number of hydrogen-bond acceptors (Lipinski definition) is 1. The molecule has 1 unspecified atom stereocenters. The van der Waals surface area contributed by atoms with Crippen molar-refractivity contribution in [2.75, 3.05) is 0 Å². The molecule has 0 fully saturated rings. The Kier molecular flexibility index (Phi) is 4.83. The number of hydrogen-bond donors (Lipinski definition) is 0. The molecule has 1 aliphatic heterocycles. The summed E-state index contributed by atoms with van der Waals surface area (Å²) < 4.78 is 0.318. The van der Waals surface area contributed by atoms with E-state index in [1.807, 2.05) is 25.6 Å². The maximum atomic E-state index is 2.41. The summed E-state index contributed by atoms with van der Waals surface area (Å²) in [6.45, 7) is 20.5. The first-order valence-corrected chi connectivity index (χ1v) is 8.29. The van der Waals surface area contributed by atoms with E-state index in [0.29, 0.717) is 10.7 Å². The van der Waals surface area contributed by atoms with Crippen LogP contribution in [-0.2, 0) is 5.41 Å².